The van der Waals surface area contributed by atoms with E-state index in [4.69, 9.17) is 15.2 Å². The van der Waals surface area contributed by atoms with Gasteiger partial charge in [0.25, 0.3) is 5.69 Å². The predicted octanol–water partition coefficient (Wildman–Crippen LogP) is 4.29. The molecule has 0 aliphatic carbocycles. The number of nitro benzene ring substituents is 1. The standard InChI is InChI=1S/C21H17N5O4/c1-12-18-17(10-29-12)25(20-19(18)23-11-24-21(20)22)13-5-7-15(8-6-13)30-16-4-2-3-14(9-16)26(27)28/h2-9,11-12H,10H2,1H3,(H2,22,23,24). The molecule has 4 aromatic rings. The van der Waals surface area contributed by atoms with Gasteiger partial charge in [0.15, 0.2) is 5.82 Å². The number of non-ortho nitro benzene ring substituents is 1. The number of nitrogens with two attached hydrogens (primary N) is 1. The average Bonchev–Trinajstić information content (AvgIpc) is 3.28. The number of anilines is 1. The third kappa shape index (κ3) is 2.83. The summed E-state index contributed by atoms with van der Waals surface area (Å²) < 4.78 is 13.6. The van der Waals surface area contributed by atoms with Crippen LogP contribution in [-0.2, 0) is 11.3 Å². The van der Waals surface area contributed by atoms with Gasteiger partial charge in [0.05, 0.1) is 29.4 Å². The van der Waals surface area contributed by atoms with E-state index in [1.54, 1.807) is 24.3 Å². The van der Waals surface area contributed by atoms with E-state index < -0.39 is 4.92 Å². The minimum Gasteiger partial charge on any atom is -0.457 e. The third-order valence-corrected chi connectivity index (χ3v) is 5.15. The van der Waals surface area contributed by atoms with Crippen molar-refractivity contribution in [2.24, 2.45) is 0 Å². The van der Waals surface area contributed by atoms with Gasteiger partial charge in [-0.1, -0.05) is 6.07 Å². The van der Waals surface area contributed by atoms with E-state index in [-0.39, 0.29) is 11.8 Å². The third-order valence-electron chi connectivity index (χ3n) is 5.15. The van der Waals surface area contributed by atoms with Gasteiger partial charge in [0.2, 0.25) is 0 Å². The molecule has 0 bridgehead atoms. The second-order valence-electron chi connectivity index (χ2n) is 6.96. The molecule has 1 unspecified atom stereocenters. The maximum atomic E-state index is 10.9. The molecule has 2 aromatic carbocycles. The lowest BCUT2D eigenvalue weighted by Gasteiger charge is -2.12. The number of ether oxygens (including phenoxy) is 2. The van der Waals surface area contributed by atoms with Crippen molar-refractivity contribution in [3.63, 3.8) is 0 Å². The number of fused-ring (bicyclic) bond motifs is 3. The highest BCUT2D eigenvalue weighted by molar-refractivity contribution is 5.91. The molecule has 0 saturated heterocycles. The van der Waals surface area contributed by atoms with Crippen molar-refractivity contribution in [3.05, 3.63) is 76.2 Å². The van der Waals surface area contributed by atoms with Crippen LogP contribution in [0.4, 0.5) is 11.5 Å². The molecular formula is C21H17N5O4. The summed E-state index contributed by atoms with van der Waals surface area (Å²) in [4.78, 5) is 19.1. The summed E-state index contributed by atoms with van der Waals surface area (Å²) in [6.45, 7) is 2.45. The Morgan fingerprint density at radius 3 is 2.77 bits per heavy atom. The van der Waals surface area contributed by atoms with Crippen LogP contribution in [0.15, 0.2) is 54.9 Å². The molecular weight excluding hydrogens is 386 g/mol. The highest BCUT2D eigenvalue weighted by atomic mass is 16.6. The molecule has 9 nitrogen and oxygen atoms in total. The number of hydrogen-bond acceptors (Lipinski definition) is 7. The Morgan fingerprint density at radius 1 is 1.20 bits per heavy atom. The van der Waals surface area contributed by atoms with E-state index in [1.165, 1.54) is 18.5 Å². The second kappa shape index (κ2) is 6.82. The molecule has 3 heterocycles. The fourth-order valence-electron chi connectivity index (χ4n) is 3.80. The lowest BCUT2D eigenvalue weighted by molar-refractivity contribution is -0.384. The van der Waals surface area contributed by atoms with Gasteiger partial charge in [-0.25, -0.2) is 9.97 Å². The lowest BCUT2D eigenvalue weighted by atomic mass is 10.1. The Hall–Kier alpha value is -3.98. The zero-order chi connectivity index (χ0) is 20.8. The number of nitrogens with zero attached hydrogens (tertiary/aromatic N) is 4. The first-order valence-corrected chi connectivity index (χ1v) is 9.31. The fraction of sp³-hybridized carbons (Fsp3) is 0.143. The van der Waals surface area contributed by atoms with E-state index in [2.05, 4.69) is 9.97 Å². The van der Waals surface area contributed by atoms with E-state index in [0.29, 0.717) is 23.9 Å². The Bertz CT molecular complexity index is 1280. The molecule has 0 radical (unpaired) electrons. The number of nitrogen functional groups attached to an aromatic ring is 1. The lowest BCUT2D eigenvalue weighted by Crippen LogP contribution is -2.03. The van der Waals surface area contributed by atoms with Gasteiger partial charge in [-0.15, -0.1) is 0 Å². The summed E-state index contributed by atoms with van der Waals surface area (Å²) >= 11 is 0. The van der Waals surface area contributed by atoms with Crippen molar-refractivity contribution in [3.8, 4) is 17.2 Å². The summed E-state index contributed by atoms with van der Waals surface area (Å²) in [7, 11) is 0. The van der Waals surface area contributed by atoms with Crippen molar-refractivity contribution in [1.82, 2.24) is 14.5 Å². The summed E-state index contributed by atoms with van der Waals surface area (Å²) in [5.41, 5.74) is 10.6. The topological polar surface area (TPSA) is 118 Å². The largest absolute Gasteiger partial charge is 0.457 e. The molecule has 0 saturated carbocycles. The molecule has 5 rings (SSSR count). The van der Waals surface area contributed by atoms with Crippen LogP contribution in [0.25, 0.3) is 16.7 Å². The van der Waals surface area contributed by atoms with E-state index in [0.717, 1.165) is 28.0 Å². The minimum absolute atomic E-state index is 0.0249. The van der Waals surface area contributed by atoms with Crippen LogP contribution in [0, 0.1) is 10.1 Å². The number of hydrogen-bond donors (Lipinski definition) is 1. The number of benzene rings is 2. The monoisotopic (exact) mass is 403 g/mol. The highest BCUT2D eigenvalue weighted by Gasteiger charge is 2.30. The Labute approximate surface area is 170 Å². The SMILES string of the molecule is CC1OCc2c1c1ncnc(N)c1n2-c1ccc(Oc2cccc([N+](=O)[O-])c2)cc1. The molecule has 0 spiro atoms. The number of nitro groups is 1. The van der Waals surface area contributed by atoms with Crippen LogP contribution >= 0.6 is 0 Å². The molecule has 0 fully saturated rings. The summed E-state index contributed by atoms with van der Waals surface area (Å²) in [5, 5.41) is 10.9. The molecule has 1 aliphatic rings. The summed E-state index contributed by atoms with van der Waals surface area (Å²) in [6, 6.07) is 13.4. The summed E-state index contributed by atoms with van der Waals surface area (Å²) in [6.07, 6.45) is 1.39. The molecule has 150 valence electrons. The maximum Gasteiger partial charge on any atom is 0.273 e. The first-order chi connectivity index (χ1) is 14.5. The first-order valence-electron chi connectivity index (χ1n) is 9.31. The maximum absolute atomic E-state index is 10.9. The summed E-state index contributed by atoms with van der Waals surface area (Å²) in [5.74, 6) is 1.35. The molecule has 1 atom stereocenters. The molecule has 30 heavy (non-hydrogen) atoms. The smallest absolute Gasteiger partial charge is 0.273 e. The zero-order valence-electron chi connectivity index (χ0n) is 16.0. The van der Waals surface area contributed by atoms with Crippen LogP contribution in [0.2, 0.25) is 0 Å². The van der Waals surface area contributed by atoms with Gasteiger partial charge in [-0.05, 0) is 37.3 Å². The average molecular weight is 403 g/mol. The van der Waals surface area contributed by atoms with Gasteiger partial charge in [-0.3, -0.25) is 10.1 Å². The normalized spacial score (nSPS) is 15.3. The van der Waals surface area contributed by atoms with Gasteiger partial charge in [0, 0.05) is 17.3 Å². The molecule has 2 aromatic heterocycles. The fourth-order valence-corrected chi connectivity index (χ4v) is 3.80. The number of aromatic nitrogens is 3. The molecule has 0 amide bonds. The van der Waals surface area contributed by atoms with Crippen molar-refractivity contribution in [1.29, 1.82) is 0 Å². The van der Waals surface area contributed by atoms with Crippen molar-refractivity contribution in [2.75, 3.05) is 5.73 Å². The van der Waals surface area contributed by atoms with Crippen LogP contribution in [0.3, 0.4) is 0 Å². The van der Waals surface area contributed by atoms with E-state index in [9.17, 15) is 10.1 Å². The Kier molecular flexibility index (Phi) is 4.11. The van der Waals surface area contributed by atoms with Gasteiger partial charge in [-0.2, -0.15) is 0 Å². The number of rotatable bonds is 4. The quantitative estimate of drug-likeness (QED) is 0.399. The molecule has 1 aliphatic heterocycles. The van der Waals surface area contributed by atoms with Crippen LogP contribution in [-0.4, -0.2) is 19.5 Å². The first kappa shape index (κ1) is 18.1. The van der Waals surface area contributed by atoms with E-state index in [1.807, 2.05) is 23.6 Å². The molecule has 9 heteroatoms. The van der Waals surface area contributed by atoms with Gasteiger partial charge in [0.1, 0.15) is 28.9 Å². The molecule has 2 N–H and O–H groups in total. The minimum atomic E-state index is -0.455. The van der Waals surface area contributed by atoms with Crippen LogP contribution < -0.4 is 10.5 Å². The van der Waals surface area contributed by atoms with Gasteiger partial charge < -0.3 is 19.8 Å². The zero-order valence-corrected chi connectivity index (χ0v) is 16.0. The Morgan fingerprint density at radius 2 is 2.00 bits per heavy atom. The second-order valence-corrected chi connectivity index (χ2v) is 6.96. The van der Waals surface area contributed by atoms with Crippen LogP contribution in [0.1, 0.15) is 24.3 Å². The van der Waals surface area contributed by atoms with Crippen LogP contribution in [0.5, 0.6) is 11.5 Å². The highest BCUT2D eigenvalue weighted by Crippen LogP contribution is 2.40. The van der Waals surface area contributed by atoms with E-state index >= 15 is 0 Å². The van der Waals surface area contributed by atoms with Gasteiger partial charge >= 0.3 is 0 Å². The Balaban J connectivity index is 1.54. The van der Waals surface area contributed by atoms with Crippen molar-refractivity contribution < 1.29 is 14.4 Å². The van der Waals surface area contributed by atoms with Crippen molar-refractivity contribution in [2.45, 2.75) is 19.6 Å². The predicted molar refractivity (Wildman–Crippen MR) is 110 cm³/mol. The van der Waals surface area contributed by atoms with Crippen molar-refractivity contribution >= 4 is 22.5 Å².